The number of alkyl halides is 2. The largest absolute Gasteiger partial charge is 0.497 e. The summed E-state index contributed by atoms with van der Waals surface area (Å²) in [4.78, 5) is 55.6. The Bertz CT molecular complexity index is 1600. The lowest BCUT2D eigenvalue weighted by Crippen LogP contribution is -2.59. The Morgan fingerprint density at radius 3 is 2.57 bits per heavy atom. The smallest absolute Gasteiger partial charge is 0.407 e. The quantitative estimate of drug-likeness (QED) is 0.433. The topological polar surface area (TPSA) is 178 Å². The lowest BCUT2D eigenvalue weighted by molar-refractivity contribution is -0.147. The number of tetrazole rings is 1. The van der Waals surface area contributed by atoms with Gasteiger partial charge < -0.3 is 30.1 Å². The molecule has 3 heterocycles. The van der Waals surface area contributed by atoms with Crippen molar-refractivity contribution < 1.29 is 42.5 Å². The summed E-state index contributed by atoms with van der Waals surface area (Å²) >= 11 is 0. The summed E-state index contributed by atoms with van der Waals surface area (Å²) < 4.78 is 38.0. The predicted molar refractivity (Wildman–Crippen MR) is 162 cm³/mol. The van der Waals surface area contributed by atoms with Gasteiger partial charge in [0.1, 0.15) is 30.0 Å². The Balaban J connectivity index is 1.57. The Kier molecular flexibility index (Phi) is 8.75. The van der Waals surface area contributed by atoms with Gasteiger partial charge in [-0.1, -0.05) is 46.8 Å². The van der Waals surface area contributed by atoms with Crippen LogP contribution in [0.15, 0.2) is 24.3 Å². The van der Waals surface area contributed by atoms with Crippen LogP contribution in [0.5, 0.6) is 5.75 Å². The molecule has 1 aromatic heterocycles. The number of carboxylic acids is 1. The highest BCUT2D eigenvalue weighted by Crippen LogP contribution is 2.48. The zero-order valence-electron chi connectivity index (χ0n) is 27.0. The number of carbonyl (C=O) groups excluding carboxylic acids is 3. The molecule has 0 radical (unpaired) electrons. The molecular formula is C31H39F2N7O7. The average Bonchev–Trinajstić information content (AvgIpc) is 3.32. The first-order valence-corrected chi connectivity index (χ1v) is 15.2. The van der Waals surface area contributed by atoms with Crippen molar-refractivity contribution in [1.29, 1.82) is 0 Å². The van der Waals surface area contributed by atoms with E-state index in [1.807, 2.05) is 26.0 Å². The first kappa shape index (κ1) is 33.7. The number of aromatic nitrogens is 4. The Morgan fingerprint density at radius 2 is 1.96 bits per heavy atom. The average molecular weight is 660 g/mol. The van der Waals surface area contributed by atoms with E-state index in [2.05, 4.69) is 26.0 Å². The van der Waals surface area contributed by atoms with Crippen LogP contribution in [0, 0.1) is 16.7 Å². The summed E-state index contributed by atoms with van der Waals surface area (Å²) in [7, 11) is 1.53. The minimum Gasteiger partial charge on any atom is -0.497 e. The van der Waals surface area contributed by atoms with Crippen LogP contribution < -0.4 is 15.4 Å². The number of halogens is 2. The van der Waals surface area contributed by atoms with Gasteiger partial charge in [-0.15, -0.1) is 15.0 Å². The van der Waals surface area contributed by atoms with Crippen molar-refractivity contribution in [2.75, 3.05) is 20.3 Å². The molecule has 14 nitrogen and oxygen atoms in total. The number of rotatable bonds is 5. The molecule has 3 amide bonds. The third-order valence-corrected chi connectivity index (χ3v) is 8.84. The lowest BCUT2D eigenvalue weighted by atomic mass is 9.85. The molecule has 2 aliphatic heterocycles. The minimum atomic E-state index is -2.96. The zero-order valence-corrected chi connectivity index (χ0v) is 27.0. The highest BCUT2D eigenvalue weighted by atomic mass is 19.3. The maximum Gasteiger partial charge on any atom is 0.407 e. The minimum absolute atomic E-state index is 0.0508. The van der Waals surface area contributed by atoms with E-state index in [-0.39, 0.29) is 25.4 Å². The van der Waals surface area contributed by atoms with E-state index in [4.69, 9.17) is 9.47 Å². The van der Waals surface area contributed by atoms with E-state index >= 15 is 0 Å². The molecule has 5 rings (SSSR count). The zero-order chi connectivity index (χ0) is 34.5. The van der Waals surface area contributed by atoms with Crippen molar-refractivity contribution in [2.45, 2.75) is 77.4 Å². The number of cyclic esters (lactones) is 1. The highest BCUT2D eigenvalue weighted by Gasteiger charge is 2.66. The van der Waals surface area contributed by atoms with Gasteiger partial charge in [0.25, 0.3) is 0 Å². The standard InChI is InChI=1S/C31H39F2N7O7/c1-29(2,3)22-26(42)39-14-17(12-21(39)25(41)35-31(27(43)44)13-19(31)23(32)33)24-36-38-40(37-24)20-8-7-18(46-6)11-16(20)9-10-30(4,5)15-47-28(45)34-22/h7-11,17,19,21-23H,12-15H2,1-6H3,(H,34,45)(H,35,41)(H,43,44)/b10-9+/t17-,19+,21+,22-,31+/m1/s1. The molecule has 1 aromatic carbocycles. The van der Waals surface area contributed by atoms with Gasteiger partial charge in [0.15, 0.2) is 5.82 Å². The van der Waals surface area contributed by atoms with Gasteiger partial charge in [-0.05, 0) is 41.7 Å². The number of amides is 3. The van der Waals surface area contributed by atoms with Crippen LogP contribution in [0.1, 0.15) is 64.8 Å². The molecule has 0 spiro atoms. The molecule has 254 valence electrons. The van der Waals surface area contributed by atoms with Crippen molar-refractivity contribution in [3.8, 4) is 11.4 Å². The molecule has 16 heteroatoms. The van der Waals surface area contributed by atoms with Gasteiger partial charge in [0.05, 0.1) is 18.7 Å². The van der Waals surface area contributed by atoms with Crippen LogP contribution in [0.2, 0.25) is 0 Å². The van der Waals surface area contributed by atoms with Crippen LogP contribution in [-0.2, 0) is 19.1 Å². The lowest BCUT2D eigenvalue weighted by Gasteiger charge is -2.35. The van der Waals surface area contributed by atoms with Gasteiger partial charge >= 0.3 is 12.1 Å². The van der Waals surface area contributed by atoms with Gasteiger partial charge in [0, 0.05) is 23.4 Å². The summed E-state index contributed by atoms with van der Waals surface area (Å²) in [5.74, 6) is -4.57. The normalized spacial score (nSPS) is 28.1. The number of carboxylic acid groups (broad SMARTS) is 1. The number of benzene rings is 1. The van der Waals surface area contributed by atoms with E-state index < -0.39 is 77.0 Å². The van der Waals surface area contributed by atoms with Crippen LogP contribution in [0.25, 0.3) is 11.8 Å². The summed E-state index contributed by atoms with van der Waals surface area (Å²) in [6, 6.07) is 2.78. The third-order valence-electron chi connectivity index (χ3n) is 8.84. The van der Waals surface area contributed by atoms with E-state index in [0.29, 0.717) is 17.0 Å². The fourth-order valence-electron chi connectivity index (χ4n) is 5.91. The van der Waals surface area contributed by atoms with Gasteiger partial charge in [-0.25, -0.2) is 18.4 Å². The third kappa shape index (κ3) is 6.76. The highest BCUT2D eigenvalue weighted by molar-refractivity contribution is 5.96. The maximum atomic E-state index is 14.2. The number of aliphatic carboxylic acids is 1. The van der Waals surface area contributed by atoms with Gasteiger partial charge in [0.2, 0.25) is 18.2 Å². The maximum absolute atomic E-state index is 14.2. The number of carbonyl (C=O) groups is 4. The van der Waals surface area contributed by atoms with E-state index in [1.54, 1.807) is 39.0 Å². The first-order valence-electron chi connectivity index (χ1n) is 15.2. The number of fused-ring (bicyclic) bond motifs is 7. The Morgan fingerprint density at radius 1 is 1.23 bits per heavy atom. The van der Waals surface area contributed by atoms with Crippen LogP contribution in [0.4, 0.5) is 13.6 Å². The second kappa shape index (κ2) is 12.2. The van der Waals surface area contributed by atoms with Crippen LogP contribution in [-0.4, -0.2) is 98.4 Å². The van der Waals surface area contributed by atoms with E-state index in [1.165, 1.54) is 16.8 Å². The molecule has 3 N–H and O–H groups in total. The second-order valence-electron chi connectivity index (χ2n) is 14.1. The number of hydrogen-bond donors (Lipinski definition) is 3. The van der Waals surface area contributed by atoms with Crippen molar-refractivity contribution in [3.63, 3.8) is 0 Å². The Labute approximate surface area is 269 Å². The molecule has 2 aromatic rings. The number of methoxy groups -OCH3 is 1. The molecule has 3 aliphatic rings. The second-order valence-corrected chi connectivity index (χ2v) is 14.1. The molecule has 4 bridgehead atoms. The monoisotopic (exact) mass is 659 g/mol. The first-order chi connectivity index (χ1) is 22.0. The SMILES string of the molecule is COc1ccc2c(c1)/C=C/C(C)(C)COC(=O)N[C@@H](C(C)(C)C)C(=O)N1C[C@@H](C[C@H]1C(=O)N[C@@]1(C(=O)O)C[C@H]1C(F)F)c1nnn-2n1. The summed E-state index contributed by atoms with van der Waals surface area (Å²) in [6.07, 6.45) is -0.631. The number of nitrogens with one attached hydrogen (secondary N) is 2. The summed E-state index contributed by atoms with van der Waals surface area (Å²) in [5, 5.41) is 27.8. The molecule has 2 fully saturated rings. The molecular weight excluding hydrogens is 620 g/mol. The van der Waals surface area contributed by atoms with Crippen molar-refractivity contribution >= 4 is 30.0 Å². The van der Waals surface area contributed by atoms with Crippen molar-refractivity contribution in [2.24, 2.45) is 16.7 Å². The van der Waals surface area contributed by atoms with Crippen molar-refractivity contribution in [1.82, 2.24) is 35.7 Å². The van der Waals surface area contributed by atoms with Gasteiger partial charge in [-0.3, -0.25) is 9.59 Å². The van der Waals surface area contributed by atoms with Crippen LogP contribution in [0.3, 0.4) is 0 Å². The number of ether oxygens (including phenoxy) is 2. The number of hydrogen-bond acceptors (Lipinski definition) is 9. The van der Waals surface area contributed by atoms with E-state index in [0.717, 1.165) is 0 Å². The Hall–Kier alpha value is -4.63. The summed E-state index contributed by atoms with van der Waals surface area (Å²) in [5.41, 5.74) is -2.46. The van der Waals surface area contributed by atoms with E-state index in [9.17, 15) is 33.1 Å². The fraction of sp³-hybridized carbons (Fsp3) is 0.581. The predicted octanol–water partition coefficient (Wildman–Crippen LogP) is 2.77. The molecule has 1 saturated heterocycles. The number of alkyl carbamates (subject to hydrolysis) is 1. The molecule has 47 heavy (non-hydrogen) atoms. The van der Waals surface area contributed by atoms with Crippen LogP contribution >= 0.6 is 0 Å². The molecule has 0 unspecified atom stereocenters. The molecule has 5 atom stereocenters. The van der Waals surface area contributed by atoms with Gasteiger partial charge in [-0.2, -0.15) is 0 Å². The fourth-order valence-corrected chi connectivity index (χ4v) is 5.91. The number of nitrogens with zero attached hydrogens (tertiary/aromatic N) is 5. The molecule has 1 aliphatic carbocycles. The molecule has 1 saturated carbocycles. The summed E-state index contributed by atoms with van der Waals surface area (Å²) in [6.45, 7) is 8.76. The van der Waals surface area contributed by atoms with Crippen molar-refractivity contribution in [3.05, 3.63) is 35.7 Å².